The summed E-state index contributed by atoms with van der Waals surface area (Å²) in [6, 6.07) is 0. The lowest BCUT2D eigenvalue weighted by molar-refractivity contribution is -0.00860. The summed E-state index contributed by atoms with van der Waals surface area (Å²) < 4.78 is 5.51. The van der Waals surface area contributed by atoms with Gasteiger partial charge in [-0.3, -0.25) is 4.90 Å². The van der Waals surface area contributed by atoms with Crippen LogP contribution in [0, 0.1) is 11.3 Å². The van der Waals surface area contributed by atoms with Gasteiger partial charge in [0.25, 0.3) is 0 Å². The van der Waals surface area contributed by atoms with E-state index in [2.05, 4.69) is 13.8 Å². The lowest BCUT2D eigenvalue weighted by Gasteiger charge is -2.35. The lowest BCUT2D eigenvalue weighted by Crippen LogP contribution is -2.48. The zero-order valence-corrected chi connectivity index (χ0v) is 15.5. The third-order valence-corrected chi connectivity index (χ3v) is 5.36. The third kappa shape index (κ3) is 5.06. The van der Waals surface area contributed by atoms with Crippen molar-refractivity contribution in [3.05, 3.63) is 0 Å². The highest BCUT2D eigenvalue weighted by Crippen LogP contribution is 2.41. The van der Waals surface area contributed by atoms with E-state index < -0.39 is 11.7 Å². The first-order valence-corrected chi connectivity index (χ1v) is 8.60. The van der Waals surface area contributed by atoms with Gasteiger partial charge in [-0.15, -0.1) is 11.8 Å². The van der Waals surface area contributed by atoms with Crippen molar-refractivity contribution in [2.45, 2.75) is 77.7 Å². The summed E-state index contributed by atoms with van der Waals surface area (Å²) in [5.74, 6) is 0.456. The number of nitrogens with zero attached hydrogens (tertiary/aromatic N) is 1. The van der Waals surface area contributed by atoms with Crippen LogP contribution in [0.4, 0.5) is 4.79 Å². The van der Waals surface area contributed by atoms with Crippen LogP contribution in [0.2, 0.25) is 0 Å². The quantitative estimate of drug-likeness (QED) is 0.843. The van der Waals surface area contributed by atoms with Crippen LogP contribution in [0.3, 0.4) is 0 Å². The Morgan fingerprint density at radius 1 is 1.24 bits per heavy atom. The summed E-state index contributed by atoms with van der Waals surface area (Å²) in [6.07, 6.45) is -0.912. The SMILES string of the molecule is CC(C)[C@@H]1CN(C(=O)OC(C)(C)C)[C@H]([C@@H](O)C(C)(C)C)S1. The molecule has 0 saturated carbocycles. The van der Waals surface area contributed by atoms with Gasteiger partial charge in [0.15, 0.2) is 0 Å². The van der Waals surface area contributed by atoms with Crippen LogP contribution in [0.1, 0.15) is 55.4 Å². The molecule has 1 aliphatic rings. The van der Waals surface area contributed by atoms with E-state index in [4.69, 9.17) is 4.74 Å². The van der Waals surface area contributed by atoms with Crippen molar-refractivity contribution in [3.8, 4) is 0 Å². The van der Waals surface area contributed by atoms with Crippen LogP contribution >= 0.6 is 11.8 Å². The van der Waals surface area contributed by atoms with E-state index in [9.17, 15) is 9.90 Å². The number of aliphatic hydroxyl groups excluding tert-OH is 1. The first-order valence-electron chi connectivity index (χ1n) is 7.66. The van der Waals surface area contributed by atoms with Crippen molar-refractivity contribution < 1.29 is 14.6 Å². The molecule has 5 heteroatoms. The van der Waals surface area contributed by atoms with Gasteiger partial charge in [-0.25, -0.2) is 4.79 Å². The monoisotopic (exact) mass is 317 g/mol. The van der Waals surface area contributed by atoms with Crippen LogP contribution in [0.5, 0.6) is 0 Å². The number of ether oxygens (including phenoxy) is 1. The minimum atomic E-state index is -0.584. The van der Waals surface area contributed by atoms with Gasteiger partial charge in [0.2, 0.25) is 0 Å². The minimum absolute atomic E-state index is 0.243. The third-order valence-electron chi connectivity index (χ3n) is 3.53. The van der Waals surface area contributed by atoms with E-state index in [-0.39, 0.29) is 16.9 Å². The molecular formula is C16H31NO3S. The Bertz CT molecular complexity index is 371. The summed E-state index contributed by atoms with van der Waals surface area (Å²) in [6.45, 7) is 16.5. The van der Waals surface area contributed by atoms with Crippen LogP contribution in [-0.2, 0) is 4.74 Å². The summed E-state index contributed by atoms with van der Waals surface area (Å²) >= 11 is 1.69. The number of thioether (sulfide) groups is 1. The Hall–Kier alpha value is -0.420. The van der Waals surface area contributed by atoms with Gasteiger partial charge in [-0.2, -0.15) is 0 Å². The molecular weight excluding hydrogens is 286 g/mol. The highest BCUT2D eigenvalue weighted by atomic mass is 32.2. The normalized spacial score (nSPS) is 25.3. The topological polar surface area (TPSA) is 49.8 Å². The Morgan fingerprint density at radius 3 is 2.14 bits per heavy atom. The molecule has 0 radical (unpaired) electrons. The zero-order valence-electron chi connectivity index (χ0n) is 14.6. The highest BCUT2D eigenvalue weighted by molar-refractivity contribution is 8.00. The first-order chi connectivity index (χ1) is 9.33. The molecule has 0 aromatic rings. The Balaban J connectivity index is 2.93. The number of hydrogen-bond acceptors (Lipinski definition) is 4. The van der Waals surface area contributed by atoms with E-state index in [0.717, 1.165) is 0 Å². The predicted octanol–water partition coefficient (Wildman–Crippen LogP) is 3.73. The molecule has 21 heavy (non-hydrogen) atoms. The second-order valence-corrected chi connectivity index (χ2v) is 9.61. The summed E-state index contributed by atoms with van der Waals surface area (Å²) in [4.78, 5) is 14.2. The molecule has 1 saturated heterocycles. The maximum atomic E-state index is 12.5. The largest absolute Gasteiger partial charge is 0.444 e. The second kappa shape index (κ2) is 6.37. The molecule has 1 amide bonds. The van der Waals surface area contributed by atoms with Gasteiger partial charge in [0, 0.05) is 11.8 Å². The molecule has 1 rings (SSSR count). The number of aliphatic hydroxyl groups is 1. The first kappa shape index (κ1) is 18.6. The Labute approximate surface area is 133 Å². The van der Waals surface area contributed by atoms with Crippen LogP contribution in [-0.4, -0.2) is 45.0 Å². The average molecular weight is 317 g/mol. The van der Waals surface area contributed by atoms with Crippen molar-refractivity contribution in [2.24, 2.45) is 11.3 Å². The number of hydrogen-bond donors (Lipinski definition) is 1. The standard InChI is InChI=1S/C16H31NO3S/c1-10(2)11-9-17(14(19)20-16(6,7)8)13(21-11)12(18)15(3,4)5/h10-13,18H,9H2,1-8H3/t11-,12+,13-/m0/s1. The van der Waals surface area contributed by atoms with Gasteiger partial charge in [0.05, 0.1) is 6.10 Å². The summed E-state index contributed by atoms with van der Waals surface area (Å²) in [7, 11) is 0. The smallest absolute Gasteiger partial charge is 0.411 e. The maximum Gasteiger partial charge on any atom is 0.411 e. The molecule has 0 spiro atoms. The number of carbonyl (C=O) groups excluding carboxylic acids is 1. The Kier molecular flexibility index (Phi) is 5.65. The molecule has 0 aromatic heterocycles. The number of amides is 1. The average Bonchev–Trinajstić information content (AvgIpc) is 2.68. The van der Waals surface area contributed by atoms with Crippen LogP contribution in [0.15, 0.2) is 0 Å². The molecule has 1 N–H and O–H groups in total. The van der Waals surface area contributed by atoms with E-state index >= 15 is 0 Å². The van der Waals surface area contributed by atoms with E-state index in [1.807, 2.05) is 41.5 Å². The molecule has 0 aliphatic carbocycles. The van der Waals surface area contributed by atoms with Gasteiger partial charge in [-0.1, -0.05) is 34.6 Å². The molecule has 1 heterocycles. The molecule has 0 aromatic carbocycles. The van der Waals surface area contributed by atoms with Gasteiger partial charge in [-0.05, 0) is 32.1 Å². The van der Waals surface area contributed by atoms with Gasteiger partial charge < -0.3 is 9.84 Å². The number of carbonyl (C=O) groups is 1. The number of rotatable bonds is 2. The van der Waals surface area contributed by atoms with Crippen molar-refractivity contribution in [3.63, 3.8) is 0 Å². The Morgan fingerprint density at radius 2 is 1.76 bits per heavy atom. The van der Waals surface area contributed by atoms with E-state index in [0.29, 0.717) is 17.7 Å². The second-order valence-electron chi connectivity index (χ2n) is 8.25. The van der Waals surface area contributed by atoms with Crippen molar-refractivity contribution in [1.29, 1.82) is 0 Å². The van der Waals surface area contributed by atoms with Crippen molar-refractivity contribution in [1.82, 2.24) is 4.90 Å². The predicted molar refractivity (Wildman–Crippen MR) is 88.4 cm³/mol. The lowest BCUT2D eigenvalue weighted by atomic mass is 9.88. The van der Waals surface area contributed by atoms with Crippen LogP contribution < -0.4 is 0 Å². The molecule has 124 valence electrons. The fourth-order valence-corrected chi connectivity index (χ4v) is 3.93. The fourth-order valence-electron chi connectivity index (χ4n) is 2.13. The summed E-state index contributed by atoms with van der Waals surface area (Å²) in [5, 5.41) is 10.7. The van der Waals surface area contributed by atoms with Gasteiger partial charge in [0.1, 0.15) is 11.0 Å². The minimum Gasteiger partial charge on any atom is -0.444 e. The van der Waals surface area contributed by atoms with Crippen molar-refractivity contribution >= 4 is 17.9 Å². The maximum absolute atomic E-state index is 12.5. The molecule has 1 aliphatic heterocycles. The molecule has 0 unspecified atom stereocenters. The fraction of sp³-hybridized carbons (Fsp3) is 0.938. The summed E-state index contributed by atoms with van der Waals surface area (Å²) in [5.41, 5.74) is -0.793. The molecule has 4 nitrogen and oxygen atoms in total. The molecule has 1 fully saturated rings. The van der Waals surface area contributed by atoms with Crippen molar-refractivity contribution in [2.75, 3.05) is 6.54 Å². The van der Waals surface area contributed by atoms with Crippen LogP contribution in [0.25, 0.3) is 0 Å². The van der Waals surface area contributed by atoms with E-state index in [1.54, 1.807) is 16.7 Å². The van der Waals surface area contributed by atoms with E-state index in [1.165, 1.54) is 0 Å². The zero-order chi connectivity index (χ0) is 16.6. The molecule has 3 atom stereocenters. The highest BCUT2D eigenvalue weighted by Gasteiger charge is 2.45. The van der Waals surface area contributed by atoms with Gasteiger partial charge >= 0.3 is 6.09 Å². The molecule has 0 bridgehead atoms.